The van der Waals surface area contributed by atoms with Gasteiger partial charge in [-0.15, -0.1) is 0 Å². The Kier molecular flexibility index (Phi) is 4.02. The highest BCUT2D eigenvalue weighted by Gasteiger charge is 2.10. The number of benzene rings is 2. The molecule has 0 heterocycles. The van der Waals surface area contributed by atoms with Crippen LogP contribution in [-0.2, 0) is 10.0 Å². The van der Waals surface area contributed by atoms with Gasteiger partial charge in [0, 0.05) is 6.20 Å². The first-order chi connectivity index (χ1) is 9.08. The second-order valence-electron chi connectivity index (χ2n) is 4.18. The van der Waals surface area contributed by atoms with Crippen LogP contribution in [0.2, 0.25) is 0 Å². The van der Waals surface area contributed by atoms with Gasteiger partial charge < -0.3 is 0 Å². The molecule has 98 valence electrons. The van der Waals surface area contributed by atoms with Crippen LogP contribution in [0.25, 0.3) is 6.08 Å². The highest BCUT2D eigenvalue weighted by Crippen LogP contribution is 2.10. The van der Waals surface area contributed by atoms with Crippen molar-refractivity contribution in [2.24, 2.45) is 0 Å². The van der Waals surface area contributed by atoms with Gasteiger partial charge in [-0.1, -0.05) is 48.0 Å². The highest BCUT2D eigenvalue weighted by molar-refractivity contribution is 7.89. The largest absolute Gasteiger partial charge is 0.286 e. The maximum absolute atomic E-state index is 12.0. The molecule has 2 aromatic carbocycles. The minimum absolute atomic E-state index is 0.260. The van der Waals surface area contributed by atoms with Gasteiger partial charge in [0.15, 0.2) is 0 Å². The summed E-state index contributed by atoms with van der Waals surface area (Å²) in [6.07, 6.45) is 3.15. The normalized spacial score (nSPS) is 11.6. The van der Waals surface area contributed by atoms with E-state index >= 15 is 0 Å². The van der Waals surface area contributed by atoms with Crippen molar-refractivity contribution in [3.63, 3.8) is 0 Å². The molecule has 0 saturated carbocycles. The smallest absolute Gasteiger partial charge is 0.261 e. The summed E-state index contributed by atoms with van der Waals surface area (Å²) in [6.45, 7) is 1.92. The molecule has 0 bridgehead atoms. The summed E-state index contributed by atoms with van der Waals surface area (Å²) in [6, 6.07) is 16.2. The Bertz CT molecular complexity index is 659. The summed E-state index contributed by atoms with van der Waals surface area (Å²) in [7, 11) is -3.48. The Hall–Kier alpha value is -2.07. The molecular weight excluding hydrogens is 258 g/mol. The van der Waals surface area contributed by atoms with Crippen molar-refractivity contribution >= 4 is 16.1 Å². The number of hydrogen-bond acceptors (Lipinski definition) is 2. The van der Waals surface area contributed by atoms with Crippen molar-refractivity contribution in [2.45, 2.75) is 11.8 Å². The first kappa shape index (κ1) is 13.4. The van der Waals surface area contributed by atoms with E-state index in [1.54, 1.807) is 30.3 Å². The van der Waals surface area contributed by atoms with Crippen LogP contribution in [0.1, 0.15) is 11.1 Å². The summed E-state index contributed by atoms with van der Waals surface area (Å²) in [5.74, 6) is 0. The molecule has 0 saturated heterocycles. The molecule has 0 unspecified atom stereocenters. The summed E-state index contributed by atoms with van der Waals surface area (Å²) < 4.78 is 26.4. The fraction of sp³-hybridized carbons (Fsp3) is 0.0667. The van der Waals surface area contributed by atoms with E-state index in [1.165, 1.54) is 6.20 Å². The van der Waals surface area contributed by atoms with E-state index in [1.807, 2.05) is 37.3 Å². The van der Waals surface area contributed by atoms with Gasteiger partial charge in [-0.25, -0.2) is 8.42 Å². The van der Waals surface area contributed by atoms with Gasteiger partial charge in [-0.3, -0.25) is 4.72 Å². The Morgan fingerprint density at radius 3 is 2.21 bits per heavy atom. The standard InChI is InChI=1S/C15H15NO2S/c1-13-7-9-15(10-8-13)19(17,18)16-12-11-14-5-3-2-4-6-14/h2-12,16H,1H3. The fourth-order valence-electron chi connectivity index (χ4n) is 1.57. The summed E-state index contributed by atoms with van der Waals surface area (Å²) in [5.41, 5.74) is 1.97. The predicted molar refractivity (Wildman–Crippen MR) is 77.0 cm³/mol. The van der Waals surface area contributed by atoms with Gasteiger partial charge in [0.2, 0.25) is 0 Å². The molecule has 1 N–H and O–H groups in total. The first-order valence-electron chi connectivity index (χ1n) is 5.88. The third-order valence-corrected chi connectivity index (χ3v) is 3.97. The zero-order valence-electron chi connectivity index (χ0n) is 10.6. The van der Waals surface area contributed by atoms with Crippen LogP contribution in [0.15, 0.2) is 65.7 Å². The zero-order valence-corrected chi connectivity index (χ0v) is 11.4. The SMILES string of the molecule is Cc1ccc(S(=O)(=O)NC=Cc2ccccc2)cc1. The second-order valence-corrected chi connectivity index (χ2v) is 5.89. The van der Waals surface area contributed by atoms with Crippen molar-refractivity contribution in [1.29, 1.82) is 0 Å². The van der Waals surface area contributed by atoms with Crippen LogP contribution in [0.5, 0.6) is 0 Å². The molecule has 0 atom stereocenters. The number of sulfonamides is 1. The van der Waals surface area contributed by atoms with E-state index in [0.29, 0.717) is 0 Å². The second kappa shape index (κ2) is 5.71. The molecule has 2 rings (SSSR count). The molecule has 0 aliphatic rings. The number of hydrogen-bond donors (Lipinski definition) is 1. The van der Waals surface area contributed by atoms with Gasteiger partial charge in [-0.05, 0) is 30.7 Å². The molecule has 0 amide bonds. The molecule has 0 radical (unpaired) electrons. The average Bonchev–Trinajstić information content (AvgIpc) is 2.40. The quantitative estimate of drug-likeness (QED) is 0.931. The highest BCUT2D eigenvalue weighted by atomic mass is 32.2. The van der Waals surface area contributed by atoms with Gasteiger partial charge in [0.25, 0.3) is 10.0 Å². The van der Waals surface area contributed by atoms with Gasteiger partial charge in [-0.2, -0.15) is 0 Å². The van der Waals surface area contributed by atoms with Crippen LogP contribution >= 0.6 is 0 Å². The van der Waals surface area contributed by atoms with Crippen molar-refractivity contribution < 1.29 is 8.42 Å². The topological polar surface area (TPSA) is 46.2 Å². The molecule has 0 spiro atoms. The minimum Gasteiger partial charge on any atom is -0.286 e. The summed E-state index contributed by atoms with van der Waals surface area (Å²) in [5, 5.41) is 0. The van der Waals surface area contributed by atoms with Crippen LogP contribution in [0.3, 0.4) is 0 Å². The number of rotatable bonds is 4. The summed E-state index contributed by atoms with van der Waals surface area (Å²) >= 11 is 0. The Labute approximate surface area is 113 Å². The molecule has 0 aliphatic carbocycles. The third kappa shape index (κ3) is 3.69. The van der Waals surface area contributed by atoms with E-state index < -0.39 is 10.0 Å². The van der Waals surface area contributed by atoms with E-state index in [0.717, 1.165) is 11.1 Å². The molecule has 0 fully saturated rings. The third-order valence-electron chi connectivity index (χ3n) is 2.63. The predicted octanol–water partition coefficient (Wildman–Crippen LogP) is 2.94. The monoisotopic (exact) mass is 273 g/mol. The molecular formula is C15H15NO2S. The van der Waals surface area contributed by atoms with Crippen molar-refractivity contribution in [2.75, 3.05) is 0 Å². The summed E-state index contributed by atoms with van der Waals surface area (Å²) in [4.78, 5) is 0.260. The zero-order chi connectivity index (χ0) is 13.7. The molecule has 2 aromatic rings. The number of aryl methyl sites for hydroxylation is 1. The lowest BCUT2D eigenvalue weighted by atomic mass is 10.2. The van der Waals surface area contributed by atoms with Crippen LogP contribution in [0, 0.1) is 6.92 Å². The van der Waals surface area contributed by atoms with Gasteiger partial charge in [0.05, 0.1) is 4.90 Å². The van der Waals surface area contributed by atoms with E-state index in [9.17, 15) is 8.42 Å². The lowest BCUT2D eigenvalue weighted by Crippen LogP contribution is -2.17. The molecule has 3 nitrogen and oxygen atoms in total. The molecule has 4 heteroatoms. The van der Waals surface area contributed by atoms with Crippen molar-refractivity contribution in [3.8, 4) is 0 Å². The van der Waals surface area contributed by atoms with E-state index in [4.69, 9.17) is 0 Å². The Balaban J connectivity index is 2.10. The first-order valence-corrected chi connectivity index (χ1v) is 7.37. The van der Waals surface area contributed by atoms with E-state index in [2.05, 4.69) is 4.72 Å². The average molecular weight is 273 g/mol. The minimum atomic E-state index is -3.48. The lowest BCUT2D eigenvalue weighted by Gasteiger charge is -2.04. The maximum atomic E-state index is 12.0. The molecule has 19 heavy (non-hydrogen) atoms. The lowest BCUT2D eigenvalue weighted by molar-refractivity contribution is 0.590. The van der Waals surface area contributed by atoms with Crippen LogP contribution in [0.4, 0.5) is 0 Å². The number of nitrogens with one attached hydrogen (secondary N) is 1. The van der Waals surface area contributed by atoms with E-state index in [-0.39, 0.29) is 4.90 Å². The fourth-order valence-corrected chi connectivity index (χ4v) is 2.45. The Morgan fingerprint density at radius 1 is 0.947 bits per heavy atom. The van der Waals surface area contributed by atoms with Crippen molar-refractivity contribution in [3.05, 3.63) is 71.9 Å². The Morgan fingerprint density at radius 2 is 1.58 bits per heavy atom. The van der Waals surface area contributed by atoms with Crippen molar-refractivity contribution in [1.82, 2.24) is 4.72 Å². The van der Waals surface area contributed by atoms with Crippen LogP contribution in [-0.4, -0.2) is 8.42 Å². The molecule has 0 aliphatic heterocycles. The van der Waals surface area contributed by atoms with Crippen LogP contribution < -0.4 is 4.72 Å². The maximum Gasteiger partial charge on any atom is 0.261 e. The van der Waals surface area contributed by atoms with Gasteiger partial charge >= 0.3 is 0 Å². The van der Waals surface area contributed by atoms with Gasteiger partial charge in [0.1, 0.15) is 0 Å². The molecule has 0 aromatic heterocycles.